The number of halogens is 3. The van der Waals surface area contributed by atoms with Gasteiger partial charge in [0.25, 0.3) is 5.91 Å². The topological polar surface area (TPSA) is 56.0 Å². The van der Waals surface area contributed by atoms with Gasteiger partial charge >= 0.3 is 6.18 Å². The minimum Gasteiger partial charge on any atom is -0.364 e. The van der Waals surface area contributed by atoms with Crippen molar-refractivity contribution in [3.05, 3.63) is 16.1 Å². The molecule has 0 bridgehead atoms. The SMILES string of the molecule is NC(=O)c1csc(C(F)(F)F)n1. The minimum absolute atomic E-state index is 0.348. The lowest BCUT2D eigenvalue weighted by atomic mass is 10.5. The maximum atomic E-state index is 11.9. The molecule has 0 spiro atoms. The van der Waals surface area contributed by atoms with E-state index in [4.69, 9.17) is 5.73 Å². The van der Waals surface area contributed by atoms with Gasteiger partial charge in [0.05, 0.1) is 0 Å². The summed E-state index contributed by atoms with van der Waals surface area (Å²) in [4.78, 5) is 13.3. The summed E-state index contributed by atoms with van der Waals surface area (Å²) in [5.74, 6) is -0.957. The number of hydrogen-bond acceptors (Lipinski definition) is 3. The molecule has 66 valence electrons. The molecule has 1 aromatic heterocycles. The first kappa shape index (κ1) is 8.98. The molecule has 0 radical (unpaired) electrons. The molecule has 0 atom stereocenters. The molecule has 1 amide bonds. The van der Waals surface area contributed by atoms with E-state index in [1.807, 2.05) is 0 Å². The number of hydrogen-bond donors (Lipinski definition) is 1. The van der Waals surface area contributed by atoms with Gasteiger partial charge < -0.3 is 5.73 Å². The molecule has 0 aliphatic heterocycles. The van der Waals surface area contributed by atoms with E-state index in [1.165, 1.54) is 0 Å². The Bertz CT molecular complexity index is 306. The molecule has 0 fully saturated rings. The molecule has 1 rings (SSSR count). The lowest BCUT2D eigenvalue weighted by molar-refractivity contribution is -0.137. The summed E-state index contributed by atoms with van der Waals surface area (Å²) in [6.45, 7) is 0. The fraction of sp³-hybridized carbons (Fsp3) is 0.200. The van der Waals surface area contributed by atoms with Crippen LogP contribution in [0.5, 0.6) is 0 Å². The number of aromatic nitrogens is 1. The number of thiazole rings is 1. The van der Waals surface area contributed by atoms with Crippen molar-refractivity contribution in [3.8, 4) is 0 Å². The second-order valence-corrected chi connectivity index (χ2v) is 2.76. The standard InChI is InChI=1S/C5H3F3N2OS/c6-5(7,8)4-10-2(1-12-4)3(9)11/h1H,(H2,9,11). The zero-order chi connectivity index (χ0) is 9.35. The zero-order valence-electron chi connectivity index (χ0n) is 5.55. The maximum Gasteiger partial charge on any atom is 0.443 e. The van der Waals surface area contributed by atoms with E-state index in [9.17, 15) is 18.0 Å². The average Bonchev–Trinajstić information content (AvgIpc) is 2.30. The normalized spacial score (nSPS) is 11.6. The third kappa shape index (κ3) is 1.73. The number of amides is 1. The fourth-order valence-electron chi connectivity index (χ4n) is 0.517. The molecule has 0 saturated carbocycles. The highest BCUT2D eigenvalue weighted by Gasteiger charge is 2.34. The summed E-state index contributed by atoms with van der Waals surface area (Å²) >= 11 is 0.348. The molecule has 2 N–H and O–H groups in total. The van der Waals surface area contributed by atoms with Crippen LogP contribution in [-0.4, -0.2) is 10.9 Å². The van der Waals surface area contributed by atoms with E-state index in [0.29, 0.717) is 11.3 Å². The van der Waals surface area contributed by atoms with Gasteiger partial charge in [-0.2, -0.15) is 13.2 Å². The van der Waals surface area contributed by atoms with Crippen molar-refractivity contribution in [2.24, 2.45) is 5.73 Å². The Morgan fingerprint density at radius 2 is 2.17 bits per heavy atom. The Morgan fingerprint density at radius 3 is 2.42 bits per heavy atom. The molecule has 3 nitrogen and oxygen atoms in total. The number of nitrogens with zero attached hydrogens (tertiary/aromatic N) is 1. The van der Waals surface area contributed by atoms with Crippen molar-refractivity contribution in [3.63, 3.8) is 0 Å². The van der Waals surface area contributed by atoms with Crippen LogP contribution >= 0.6 is 11.3 Å². The van der Waals surface area contributed by atoms with Crippen LogP contribution in [0.1, 0.15) is 15.5 Å². The van der Waals surface area contributed by atoms with Crippen molar-refractivity contribution in [2.75, 3.05) is 0 Å². The van der Waals surface area contributed by atoms with Gasteiger partial charge in [-0.15, -0.1) is 11.3 Å². The third-order valence-corrected chi connectivity index (χ3v) is 1.89. The van der Waals surface area contributed by atoms with Gasteiger partial charge in [0, 0.05) is 5.38 Å². The highest BCUT2D eigenvalue weighted by molar-refractivity contribution is 7.09. The van der Waals surface area contributed by atoms with Crippen LogP contribution in [0.4, 0.5) is 13.2 Å². The monoisotopic (exact) mass is 196 g/mol. The summed E-state index contributed by atoms with van der Waals surface area (Å²) < 4.78 is 35.6. The van der Waals surface area contributed by atoms with Crippen molar-refractivity contribution < 1.29 is 18.0 Å². The summed E-state index contributed by atoms with van der Waals surface area (Å²) in [6, 6.07) is 0. The van der Waals surface area contributed by atoms with Crippen molar-refractivity contribution in [1.82, 2.24) is 4.98 Å². The van der Waals surface area contributed by atoms with E-state index >= 15 is 0 Å². The van der Waals surface area contributed by atoms with E-state index in [2.05, 4.69) is 4.98 Å². The number of alkyl halides is 3. The highest BCUT2D eigenvalue weighted by Crippen LogP contribution is 2.31. The van der Waals surface area contributed by atoms with Crippen LogP contribution < -0.4 is 5.73 Å². The zero-order valence-corrected chi connectivity index (χ0v) is 6.37. The van der Waals surface area contributed by atoms with E-state index in [0.717, 1.165) is 5.38 Å². The van der Waals surface area contributed by atoms with Gasteiger partial charge in [-0.05, 0) is 0 Å². The molecular formula is C5H3F3N2OS. The lowest BCUT2D eigenvalue weighted by Crippen LogP contribution is -2.12. The molecule has 1 heterocycles. The molecule has 0 aliphatic rings. The Kier molecular flexibility index (Phi) is 2.05. The van der Waals surface area contributed by atoms with E-state index in [1.54, 1.807) is 0 Å². The first-order valence-electron chi connectivity index (χ1n) is 2.74. The van der Waals surface area contributed by atoms with Gasteiger partial charge in [-0.25, -0.2) is 4.98 Å². The lowest BCUT2D eigenvalue weighted by Gasteiger charge is -1.98. The summed E-state index contributed by atoms with van der Waals surface area (Å²) in [5, 5.41) is -0.0816. The van der Waals surface area contributed by atoms with Crippen molar-refractivity contribution in [1.29, 1.82) is 0 Å². The van der Waals surface area contributed by atoms with E-state index < -0.39 is 17.1 Å². The minimum atomic E-state index is -4.50. The second kappa shape index (κ2) is 2.74. The van der Waals surface area contributed by atoms with Gasteiger partial charge in [0.2, 0.25) is 0 Å². The van der Waals surface area contributed by atoms with Crippen LogP contribution in [0, 0.1) is 0 Å². The molecule has 7 heteroatoms. The molecule has 1 aromatic rings. The molecule has 0 saturated heterocycles. The van der Waals surface area contributed by atoms with Crippen LogP contribution in [0.2, 0.25) is 0 Å². The van der Waals surface area contributed by atoms with Gasteiger partial charge in [-0.3, -0.25) is 4.79 Å². The van der Waals surface area contributed by atoms with Crippen molar-refractivity contribution in [2.45, 2.75) is 6.18 Å². The maximum absolute atomic E-state index is 11.9. The van der Waals surface area contributed by atoms with Crippen LogP contribution in [-0.2, 0) is 6.18 Å². The van der Waals surface area contributed by atoms with Crippen LogP contribution in [0.15, 0.2) is 5.38 Å². The second-order valence-electron chi connectivity index (χ2n) is 1.90. The number of carbonyl (C=O) groups excluding carboxylic acids is 1. The number of primary amides is 1. The highest BCUT2D eigenvalue weighted by atomic mass is 32.1. The fourth-order valence-corrected chi connectivity index (χ4v) is 1.19. The Balaban J connectivity index is 3.00. The Hall–Kier alpha value is -1.11. The molecule has 12 heavy (non-hydrogen) atoms. The van der Waals surface area contributed by atoms with Crippen LogP contribution in [0.25, 0.3) is 0 Å². The molecule has 0 aliphatic carbocycles. The number of nitrogens with two attached hydrogens (primary N) is 1. The quantitative estimate of drug-likeness (QED) is 0.735. The Labute approximate surface area is 69.0 Å². The van der Waals surface area contributed by atoms with Gasteiger partial charge in [0.15, 0.2) is 5.01 Å². The number of rotatable bonds is 1. The first-order chi connectivity index (χ1) is 5.41. The molecule has 0 unspecified atom stereocenters. The summed E-state index contributed by atoms with van der Waals surface area (Å²) in [5.41, 5.74) is 4.35. The predicted octanol–water partition coefficient (Wildman–Crippen LogP) is 1.26. The van der Waals surface area contributed by atoms with Crippen LogP contribution in [0.3, 0.4) is 0 Å². The predicted molar refractivity (Wildman–Crippen MR) is 35.6 cm³/mol. The van der Waals surface area contributed by atoms with Gasteiger partial charge in [-0.1, -0.05) is 0 Å². The summed E-state index contributed by atoms with van der Waals surface area (Å²) in [6.07, 6.45) is -4.50. The van der Waals surface area contributed by atoms with Gasteiger partial charge in [0.1, 0.15) is 5.69 Å². The summed E-state index contributed by atoms with van der Waals surface area (Å²) in [7, 11) is 0. The Morgan fingerprint density at radius 1 is 1.58 bits per heavy atom. The first-order valence-corrected chi connectivity index (χ1v) is 3.62. The largest absolute Gasteiger partial charge is 0.443 e. The van der Waals surface area contributed by atoms with Crippen molar-refractivity contribution >= 4 is 17.2 Å². The van der Waals surface area contributed by atoms with E-state index in [-0.39, 0.29) is 5.69 Å². The third-order valence-electron chi connectivity index (χ3n) is 0.999. The average molecular weight is 196 g/mol. The molecule has 0 aromatic carbocycles. The number of carbonyl (C=O) groups is 1. The molecular weight excluding hydrogens is 193 g/mol. The smallest absolute Gasteiger partial charge is 0.364 e.